The number of anilines is 1. The predicted molar refractivity (Wildman–Crippen MR) is 77.9 cm³/mol. The van der Waals surface area contributed by atoms with Crippen LogP contribution in [0.5, 0.6) is 5.88 Å². The SMILES string of the molecule is Cn1nnc(-c2ccc(NS(C)(=O)=O)c(Cl)n2)c1OC(N)=O. The number of hydrogen-bond acceptors (Lipinski definition) is 7. The highest BCUT2D eigenvalue weighted by molar-refractivity contribution is 7.92. The maximum atomic E-state index is 11.2. The standard InChI is InChI=1S/C10H11ClN6O4S/c1-17-9(21-10(12)18)7(14-16-17)5-3-4-6(8(11)13-5)15-22(2,19)20/h3-4,15H,1-2H3,(H2,12,18). The average molecular weight is 347 g/mol. The van der Waals surface area contributed by atoms with E-state index in [4.69, 9.17) is 22.1 Å². The Kier molecular flexibility index (Phi) is 4.19. The number of rotatable bonds is 4. The number of nitrogens with one attached hydrogen (secondary N) is 1. The average Bonchev–Trinajstić information content (AvgIpc) is 2.72. The Balaban J connectivity index is 2.43. The zero-order chi connectivity index (χ0) is 16.5. The van der Waals surface area contributed by atoms with Crippen molar-refractivity contribution in [3.8, 4) is 17.3 Å². The van der Waals surface area contributed by atoms with E-state index in [9.17, 15) is 13.2 Å². The molecule has 0 radical (unpaired) electrons. The first-order valence-corrected chi connectivity index (χ1v) is 7.96. The molecule has 0 aliphatic rings. The Hall–Kier alpha value is -2.40. The molecular formula is C10H11ClN6O4S. The molecular weight excluding hydrogens is 336 g/mol. The van der Waals surface area contributed by atoms with Gasteiger partial charge in [0.05, 0.1) is 17.6 Å². The summed E-state index contributed by atoms with van der Waals surface area (Å²) in [6.45, 7) is 0. The van der Waals surface area contributed by atoms with E-state index in [1.165, 1.54) is 23.9 Å². The van der Waals surface area contributed by atoms with E-state index in [-0.39, 0.29) is 28.1 Å². The van der Waals surface area contributed by atoms with Gasteiger partial charge in [0.15, 0.2) is 10.8 Å². The Bertz CT molecular complexity index is 834. The molecule has 2 aromatic rings. The van der Waals surface area contributed by atoms with Gasteiger partial charge in [0.2, 0.25) is 10.0 Å². The third kappa shape index (κ3) is 3.62. The summed E-state index contributed by atoms with van der Waals surface area (Å²) in [7, 11) is -1.99. The fraction of sp³-hybridized carbons (Fsp3) is 0.200. The van der Waals surface area contributed by atoms with Crippen LogP contribution in [0.2, 0.25) is 5.15 Å². The van der Waals surface area contributed by atoms with Crippen molar-refractivity contribution in [3.63, 3.8) is 0 Å². The van der Waals surface area contributed by atoms with Crippen molar-refractivity contribution in [1.29, 1.82) is 0 Å². The van der Waals surface area contributed by atoms with Crippen molar-refractivity contribution in [3.05, 3.63) is 17.3 Å². The Morgan fingerprint density at radius 2 is 2.14 bits per heavy atom. The molecule has 1 amide bonds. The summed E-state index contributed by atoms with van der Waals surface area (Å²) in [6, 6.07) is 2.84. The van der Waals surface area contributed by atoms with Gasteiger partial charge in [-0.1, -0.05) is 16.8 Å². The van der Waals surface area contributed by atoms with Crippen LogP contribution in [-0.2, 0) is 17.1 Å². The van der Waals surface area contributed by atoms with Gasteiger partial charge in [-0.2, -0.15) is 0 Å². The lowest BCUT2D eigenvalue weighted by Crippen LogP contribution is -2.18. The monoisotopic (exact) mass is 346 g/mol. The molecule has 0 atom stereocenters. The molecule has 2 aromatic heterocycles. The van der Waals surface area contributed by atoms with Gasteiger partial charge < -0.3 is 10.5 Å². The lowest BCUT2D eigenvalue weighted by atomic mass is 10.2. The van der Waals surface area contributed by atoms with Crippen LogP contribution in [0.1, 0.15) is 0 Å². The van der Waals surface area contributed by atoms with Crippen molar-refractivity contribution in [2.45, 2.75) is 0 Å². The second-order valence-corrected chi connectivity index (χ2v) is 6.30. The minimum absolute atomic E-state index is 0.0140. The van der Waals surface area contributed by atoms with Gasteiger partial charge in [-0.25, -0.2) is 22.9 Å². The van der Waals surface area contributed by atoms with Gasteiger partial charge in [-0.05, 0) is 12.1 Å². The summed E-state index contributed by atoms with van der Waals surface area (Å²) in [4.78, 5) is 14.9. The van der Waals surface area contributed by atoms with E-state index in [2.05, 4.69) is 20.0 Å². The summed E-state index contributed by atoms with van der Waals surface area (Å²) < 4.78 is 30.6. The van der Waals surface area contributed by atoms with Crippen molar-refractivity contribution >= 4 is 33.4 Å². The van der Waals surface area contributed by atoms with Crippen LogP contribution in [0.4, 0.5) is 10.5 Å². The first-order valence-electron chi connectivity index (χ1n) is 5.69. The number of primary amides is 1. The van der Waals surface area contributed by atoms with Crippen molar-refractivity contribution < 1.29 is 17.9 Å². The van der Waals surface area contributed by atoms with Crippen LogP contribution in [0.25, 0.3) is 11.4 Å². The van der Waals surface area contributed by atoms with Gasteiger partial charge in [-0.15, -0.1) is 5.10 Å². The zero-order valence-electron chi connectivity index (χ0n) is 11.4. The van der Waals surface area contributed by atoms with Crippen LogP contribution in [0.15, 0.2) is 12.1 Å². The van der Waals surface area contributed by atoms with E-state index in [1.807, 2.05) is 0 Å². The Morgan fingerprint density at radius 1 is 1.45 bits per heavy atom. The number of amides is 1. The van der Waals surface area contributed by atoms with Gasteiger partial charge in [-0.3, -0.25) is 4.72 Å². The van der Waals surface area contributed by atoms with Crippen molar-refractivity contribution in [2.24, 2.45) is 12.8 Å². The minimum Gasteiger partial charge on any atom is -0.389 e. The molecule has 0 bridgehead atoms. The summed E-state index contributed by atoms with van der Waals surface area (Å²) in [5, 5.41) is 7.40. The van der Waals surface area contributed by atoms with E-state index >= 15 is 0 Å². The summed E-state index contributed by atoms with van der Waals surface area (Å²) in [5.41, 5.74) is 5.44. The Morgan fingerprint density at radius 3 is 2.68 bits per heavy atom. The molecule has 22 heavy (non-hydrogen) atoms. The van der Waals surface area contributed by atoms with Crippen LogP contribution in [0, 0.1) is 0 Å². The number of carbonyl (C=O) groups excluding carboxylic acids is 1. The maximum absolute atomic E-state index is 11.2. The first kappa shape index (κ1) is 16.0. The fourth-order valence-electron chi connectivity index (χ4n) is 1.56. The summed E-state index contributed by atoms with van der Waals surface area (Å²) in [5.74, 6) is -0.0140. The van der Waals surface area contributed by atoms with Gasteiger partial charge in [0.25, 0.3) is 5.88 Å². The number of halogens is 1. The van der Waals surface area contributed by atoms with E-state index < -0.39 is 16.1 Å². The third-order valence-electron chi connectivity index (χ3n) is 2.36. The van der Waals surface area contributed by atoms with E-state index in [1.54, 1.807) is 0 Å². The maximum Gasteiger partial charge on any atom is 0.411 e. The smallest absolute Gasteiger partial charge is 0.389 e. The first-order chi connectivity index (χ1) is 10.2. The predicted octanol–water partition coefficient (Wildman–Crippen LogP) is 0.360. The minimum atomic E-state index is -3.49. The summed E-state index contributed by atoms with van der Waals surface area (Å²) in [6.07, 6.45) is -0.0493. The number of sulfonamides is 1. The summed E-state index contributed by atoms with van der Waals surface area (Å²) >= 11 is 5.92. The number of nitrogens with two attached hydrogens (primary N) is 1. The molecule has 3 N–H and O–H groups in total. The van der Waals surface area contributed by atoms with E-state index in [0.717, 1.165) is 6.26 Å². The molecule has 118 valence electrons. The second-order valence-electron chi connectivity index (χ2n) is 4.20. The highest BCUT2D eigenvalue weighted by atomic mass is 35.5. The molecule has 2 heterocycles. The number of carbonyl (C=O) groups is 1. The number of aryl methyl sites for hydroxylation is 1. The number of pyridine rings is 1. The number of aromatic nitrogens is 4. The molecule has 0 saturated heterocycles. The quantitative estimate of drug-likeness (QED) is 0.761. The topological polar surface area (TPSA) is 142 Å². The molecule has 0 aliphatic carbocycles. The zero-order valence-corrected chi connectivity index (χ0v) is 13.0. The normalized spacial score (nSPS) is 11.2. The van der Waals surface area contributed by atoms with Crippen molar-refractivity contribution in [2.75, 3.05) is 11.0 Å². The van der Waals surface area contributed by atoms with Crippen LogP contribution in [-0.4, -0.2) is 40.7 Å². The van der Waals surface area contributed by atoms with Gasteiger partial charge in [0.1, 0.15) is 0 Å². The third-order valence-corrected chi connectivity index (χ3v) is 3.24. The van der Waals surface area contributed by atoms with Crippen LogP contribution >= 0.6 is 11.6 Å². The van der Waals surface area contributed by atoms with Crippen LogP contribution in [0.3, 0.4) is 0 Å². The molecule has 10 nitrogen and oxygen atoms in total. The molecule has 0 unspecified atom stereocenters. The largest absolute Gasteiger partial charge is 0.411 e. The fourth-order valence-corrected chi connectivity index (χ4v) is 2.38. The van der Waals surface area contributed by atoms with Gasteiger partial charge >= 0.3 is 6.09 Å². The lowest BCUT2D eigenvalue weighted by Gasteiger charge is -2.07. The second kappa shape index (κ2) is 5.77. The molecule has 0 spiro atoms. The Labute approximate surface area is 130 Å². The molecule has 0 saturated carbocycles. The molecule has 0 aliphatic heterocycles. The molecule has 2 rings (SSSR count). The molecule has 0 aromatic carbocycles. The van der Waals surface area contributed by atoms with E-state index in [0.29, 0.717) is 0 Å². The lowest BCUT2D eigenvalue weighted by molar-refractivity contribution is 0.207. The van der Waals surface area contributed by atoms with Crippen LogP contribution < -0.4 is 15.2 Å². The highest BCUT2D eigenvalue weighted by Gasteiger charge is 2.19. The number of nitrogens with zero attached hydrogens (tertiary/aromatic N) is 4. The van der Waals surface area contributed by atoms with Crippen molar-refractivity contribution in [1.82, 2.24) is 20.0 Å². The molecule has 12 heteroatoms. The number of ether oxygens (including phenoxy) is 1. The highest BCUT2D eigenvalue weighted by Crippen LogP contribution is 2.29. The number of hydrogen-bond donors (Lipinski definition) is 2. The van der Waals surface area contributed by atoms with Gasteiger partial charge in [0, 0.05) is 7.05 Å². The molecule has 0 fully saturated rings.